The first-order chi connectivity index (χ1) is 12.6. The van der Waals surface area contributed by atoms with Gasteiger partial charge in [0.15, 0.2) is 5.82 Å². The monoisotopic (exact) mass is 353 g/mol. The molecule has 26 heavy (non-hydrogen) atoms. The van der Waals surface area contributed by atoms with Gasteiger partial charge in [-0.2, -0.15) is 0 Å². The van der Waals surface area contributed by atoms with Crippen molar-refractivity contribution < 1.29 is 14.0 Å². The van der Waals surface area contributed by atoms with E-state index in [0.717, 1.165) is 18.2 Å². The zero-order valence-electron chi connectivity index (χ0n) is 14.3. The summed E-state index contributed by atoms with van der Waals surface area (Å²) in [6, 6.07) is 11.2. The molecular formula is C20H20FN3O2. The summed E-state index contributed by atoms with van der Waals surface area (Å²) in [5.74, 6) is -1.01. The number of likely N-dealkylation sites (tertiary alicyclic amines) is 1. The van der Waals surface area contributed by atoms with Gasteiger partial charge >= 0.3 is 0 Å². The summed E-state index contributed by atoms with van der Waals surface area (Å²) < 4.78 is 13.8. The van der Waals surface area contributed by atoms with E-state index in [2.05, 4.69) is 10.3 Å². The molecule has 2 amide bonds. The largest absolute Gasteiger partial charge is 0.350 e. The zero-order valence-corrected chi connectivity index (χ0v) is 14.3. The molecule has 2 saturated heterocycles. The second-order valence-electron chi connectivity index (χ2n) is 7.08. The summed E-state index contributed by atoms with van der Waals surface area (Å²) in [6.45, 7) is 1.00. The molecule has 1 aromatic carbocycles. The van der Waals surface area contributed by atoms with Crippen LogP contribution >= 0.6 is 0 Å². The average Bonchev–Trinajstić information content (AvgIpc) is 2.99. The number of carbonyl (C=O) groups is 2. The number of carbonyl (C=O) groups excluding carboxylic acids is 2. The van der Waals surface area contributed by atoms with Crippen LogP contribution in [-0.4, -0.2) is 40.3 Å². The van der Waals surface area contributed by atoms with Gasteiger partial charge in [-0.25, -0.2) is 4.39 Å². The number of amides is 2. The van der Waals surface area contributed by atoms with Gasteiger partial charge in [-0.3, -0.25) is 14.6 Å². The van der Waals surface area contributed by atoms with Crippen molar-refractivity contribution in [2.75, 3.05) is 13.1 Å². The number of piperidine rings is 1. The Morgan fingerprint density at radius 2 is 1.92 bits per heavy atom. The van der Waals surface area contributed by atoms with E-state index in [0.29, 0.717) is 25.9 Å². The van der Waals surface area contributed by atoms with Crippen molar-refractivity contribution in [3.8, 4) is 0 Å². The van der Waals surface area contributed by atoms with E-state index in [1.54, 1.807) is 4.90 Å². The highest BCUT2D eigenvalue weighted by Crippen LogP contribution is 2.39. The fourth-order valence-corrected chi connectivity index (χ4v) is 4.02. The van der Waals surface area contributed by atoms with E-state index >= 15 is 0 Å². The SMILES string of the molecule is O=C1NC2(CCN(C(=O)c3ccncc3F)CC2)C[C@H]1c1ccccc1. The lowest BCUT2D eigenvalue weighted by Crippen LogP contribution is -2.52. The predicted octanol–water partition coefficient (Wildman–Crippen LogP) is 2.50. The molecule has 4 rings (SSSR count). The molecule has 5 nitrogen and oxygen atoms in total. The first kappa shape index (κ1) is 16.7. The minimum atomic E-state index is -0.601. The third-order valence-electron chi connectivity index (χ3n) is 5.51. The summed E-state index contributed by atoms with van der Waals surface area (Å²) in [7, 11) is 0. The first-order valence-corrected chi connectivity index (χ1v) is 8.84. The molecule has 0 bridgehead atoms. The number of benzene rings is 1. The number of halogens is 1. The van der Waals surface area contributed by atoms with Crippen LogP contribution in [0, 0.1) is 5.82 Å². The molecule has 2 aliphatic rings. The van der Waals surface area contributed by atoms with Crippen molar-refractivity contribution in [3.63, 3.8) is 0 Å². The van der Waals surface area contributed by atoms with Crippen LogP contribution in [0.5, 0.6) is 0 Å². The van der Waals surface area contributed by atoms with E-state index in [4.69, 9.17) is 0 Å². The Morgan fingerprint density at radius 1 is 1.19 bits per heavy atom. The molecule has 2 aliphatic heterocycles. The Hall–Kier alpha value is -2.76. The van der Waals surface area contributed by atoms with E-state index in [1.165, 1.54) is 12.3 Å². The topological polar surface area (TPSA) is 62.3 Å². The number of aromatic nitrogens is 1. The van der Waals surface area contributed by atoms with Gasteiger partial charge in [0.1, 0.15) is 0 Å². The molecule has 0 radical (unpaired) electrons. The maximum Gasteiger partial charge on any atom is 0.256 e. The van der Waals surface area contributed by atoms with Gasteiger partial charge in [-0.15, -0.1) is 0 Å². The summed E-state index contributed by atoms with van der Waals surface area (Å²) in [4.78, 5) is 30.4. The van der Waals surface area contributed by atoms with Crippen molar-refractivity contribution in [1.82, 2.24) is 15.2 Å². The standard InChI is InChI=1S/C20H20FN3O2/c21-17-13-22-9-6-15(17)19(26)24-10-7-20(8-11-24)12-16(18(25)23-20)14-4-2-1-3-5-14/h1-6,9,13,16H,7-8,10-12H2,(H,23,25)/t16-/m0/s1. The lowest BCUT2D eigenvalue weighted by Gasteiger charge is -2.39. The summed E-state index contributed by atoms with van der Waals surface area (Å²) in [6.07, 6.45) is 4.58. The molecule has 3 heterocycles. The van der Waals surface area contributed by atoms with Crippen molar-refractivity contribution >= 4 is 11.8 Å². The van der Waals surface area contributed by atoms with Gasteiger partial charge in [-0.05, 0) is 30.9 Å². The van der Waals surface area contributed by atoms with Gasteiger partial charge in [0.2, 0.25) is 5.91 Å². The van der Waals surface area contributed by atoms with Crippen LogP contribution in [0.1, 0.15) is 41.1 Å². The zero-order chi connectivity index (χ0) is 18.1. The van der Waals surface area contributed by atoms with Crippen molar-refractivity contribution in [2.45, 2.75) is 30.7 Å². The Balaban J connectivity index is 1.45. The van der Waals surface area contributed by atoms with Crippen molar-refractivity contribution in [2.24, 2.45) is 0 Å². The number of hydrogen-bond donors (Lipinski definition) is 1. The van der Waals surface area contributed by atoms with E-state index in [-0.39, 0.29) is 28.8 Å². The highest BCUT2D eigenvalue weighted by atomic mass is 19.1. The molecule has 6 heteroatoms. The third kappa shape index (κ3) is 2.96. The van der Waals surface area contributed by atoms with Crippen LogP contribution in [0.15, 0.2) is 48.8 Å². The maximum atomic E-state index is 13.8. The molecule has 2 aromatic rings. The molecule has 1 aromatic heterocycles. The highest BCUT2D eigenvalue weighted by molar-refractivity contribution is 5.94. The number of pyridine rings is 1. The smallest absolute Gasteiger partial charge is 0.256 e. The highest BCUT2D eigenvalue weighted by Gasteiger charge is 2.46. The number of hydrogen-bond acceptors (Lipinski definition) is 3. The third-order valence-corrected chi connectivity index (χ3v) is 5.51. The molecule has 2 fully saturated rings. The van der Waals surface area contributed by atoms with Crippen LogP contribution in [0.4, 0.5) is 4.39 Å². The molecule has 1 atom stereocenters. The molecule has 0 unspecified atom stereocenters. The Bertz CT molecular complexity index is 832. The predicted molar refractivity (Wildman–Crippen MR) is 94.0 cm³/mol. The lowest BCUT2D eigenvalue weighted by atomic mass is 9.82. The Morgan fingerprint density at radius 3 is 2.62 bits per heavy atom. The van der Waals surface area contributed by atoms with Crippen LogP contribution in [0.3, 0.4) is 0 Å². The molecular weight excluding hydrogens is 333 g/mol. The molecule has 0 aliphatic carbocycles. The Labute approximate surface area is 151 Å². The van der Waals surface area contributed by atoms with Gasteiger partial charge in [-0.1, -0.05) is 30.3 Å². The summed E-state index contributed by atoms with van der Waals surface area (Å²) >= 11 is 0. The molecule has 1 N–H and O–H groups in total. The van der Waals surface area contributed by atoms with E-state index in [9.17, 15) is 14.0 Å². The van der Waals surface area contributed by atoms with E-state index < -0.39 is 5.82 Å². The number of nitrogens with one attached hydrogen (secondary N) is 1. The second kappa shape index (κ2) is 6.52. The number of rotatable bonds is 2. The second-order valence-corrected chi connectivity index (χ2v) is 7.08. The maximum absolute atomic E-state index is 13.8. The molecule has 1 spiro atoms. The van der Waals surface area contributed by atoms with Crippen molar-refractivity contribution in [1.29, 1.82) is 0 Å². The minimum Gasteiger partial charge on any atom is -0.350 e. The first-order valence-electron chi connectivity index (χ1n) is 8.84. The van der Waals surface area contributed by atoms with Crippen LogP contribution < -0.4 is 5.32 Å². The fourth-order valence-electron chi connectivity index (χ4n) is 4.02. The number of nitrogens with zero attached hydrogens (tertiary/aromatic N) is 2. The normalized spacial score (nSPS) is 21.7. The van der Waals surface area contributed by atoms with Crippen LogP contribution in [-0.2, 0) is 4.79 Å². The Kier molecular flexibility index (Phi) is 4.18. The van der Waals surface area contributed by atoms with Crippen LogP contribution in [0.2, 0.25) is 0 Å². The summed E-state index contributed by atoms with van der Waals surface area (Å²) in [5, 5.41) is 3.17. The van der Waals surface area contributed by atoms with Gasteiger partial charge in [0, 0.05) is 24.8 Å². The van der Waals surface area contributed by atoms with Crippen molar-refractivity contribution in [3.05, 3.63) is 65.7 Å². The van der Waals surface area contributed by atoms with Gasteiger partial charge in [0.25, 0.3) is 5.91 Å². The molecule has 0 saturated carbocycles. The van der Waals surface area contributed by atoms with E-state index in [1.807, 2.05) is 30.3 Å². The lowest BCUT2D eigenvalue weighted by molar-refractivity contribution is -0.121. The average molecular weight is 353 g/mol. The molecule has 134 valence electrons. The van der Waals surface area contributed by atoms with Gasteiger partial charge < -0.3 is 10.2 Å². The van der Waals surface area contributed by atoms with Gasteiger partial charge in [0.05, 0.1) is 17.7 Å². The quantitative estimate of drug-likeness (QED) is 0.902. The fraction of sp³-hybridized carbons (Fsp3) is 0.350. The minimum absolute atomic E-state index is 0.0496. The summed E-state index contributed by atoms with van der Waals surface area (Å²) in [5.41, 5.74) is 0.804. The van der Waals surface area contributed by atoms with Crippen LogP contribution in [0.25, 0.3) is 0 Å².